The van der Waals surface area contributed by atoms with Gasteiger partial charge in [0.1, 0.15) is 0 Å². The molecule has 0 fully saturated rings. The zero-order chi connectivity index (χ0) is 12.0. The molecular weight excluding hydrogens is 200 g/mol. The highest BCUT2D eigenvalue weighted by Gasteiger charge is 2.10. The van der Waals surface area contributed by atoms with Gasteiger partial charge in [-0.2, -0.15) is 0 Å². The number of rotatable bonds is 3. The predicted molar refractivity (Wildman–Crippen MR) is 63.4 cm³/mol. The van der Waals surface area contributed by atoms with Gasteiger partial charge in [0.2, 0.25) is 6.10 Å². The van der Waals surface area contributed by atoms with Gasteiger partial charge < -0.3 is 4.74 Å². The molecule has 2 nitrogen and oxygen atoms in total. The highest BCUT2D eigenvalue weighted by molar-refractivity contribution is 5.90. The van der Waals surface area contributed by atoms with Crippen LogP contribution in [-0.2, 0) is 4.74 Å². The number of carbonyl (C=O) groups is 1. The van der Waals surface area contributed by atoms with Crippen LogP contribution in [0.2, 0.25) is 0 Å². The zero-order valence-electron chi connectivity index (χ0n) is 8.64. The van der Waals surface area contributed by atoms with Gasteiger partial charge in [-0.05, 0) is 29.5 Å². The van der Waals surface area contributed by atoms with E-state index in [1.165, 1.54) is 0 Å². The molecule has 0 aliphatic heterocycles. The third-order valence-electron chi connectivity index (χ3n) is 1.91. The van der Waals surface area contributed by atoms with E-state index in [1.807, 2.05) is 0 Å². The van der Waals surface area contributed by atoms with Crippen LogP contribution in [0.3, 0.4) is 0 Å². The topological polar surface area (TPSA) is 26.3 Å². The first-order valence-electron chi connectivity index (χ1n) is 4.57. The Hall–Kier alpha value is -2.45. The van der Waals surface area contributed by atoms with E-state index in [0.29, 0.717) is 5.56 Å². The van der Waals surface area contributed by atoms with Gasteiger partial charge >= 0.3 is 5.97 Å². The Morgan fingerprint density at radius 1 is 1.31 bits per heavy atom. The van der Waals surface area contributed by atoms with Gasteiger partial charge in [0.25, 0.3) is 0 Å². The summed E-state index contributed by atoms with van der Waals surface area (Å²) in [5.74, 6) is 3.83. The number of hydrogen-bond acceptors (Lipinski definition) is 2. The molecule has 0 radical (unpaired) electrons. The van der Waals surface area contributed by atoms with Crippen LogP contribution in [0.15, 0.2) is 30.8 Å². The van der Waals surface area contributed by atoms with Crippen molar-refractivity contribution in [1.29, 1.82) is 0 Å². The number of carbonyl (C=O) groups excluding carboxylic acids is 1. The molecule has 0 saturated carbocycles. The SMILES string of the molecule is C#CC(C#C)OC(=O)c1ccc(C=C)cc1. The van der Waals surface area contributed by atoms with Crippen molar-refractivity contribution in [2.75, 3.05) is 0 Å². The summed E-state index contributed by atoms with van der Waals surface area (Å²) < 4.78 is 4.87. The molecule has 0 saturated heterocycles. The minimum Gasteiger partial charge on any atom is -0.433 e. The van der Waals surface area contributed by atoms with Crippen molar-refractivity contribution in [1.82, 2.24) is 0 Å². The van der Waals surface area contributed by atoms with Gasteiger partial charge in [-0.15, -0.1) is 12.8 Å². The van der Waals surface area contributed by atoms with E-state index in [9.17, 15) is 4.79 Å². The molecule has 0 aliphatic rings. The Balaban J connectivity index is 2.78. The standard InChI is InChI=1S/C14H10O2/c1-4-11-7-9-12(10-8-11)14(15)16-13(5-2)6-3/h2-4,7-10,13H,1H2. The molecule has 1 rings (SSSR count). The lowest BCUT2D eigenvalue weighted by Gasteiger charge is -2.06. The number of benzene rings is 1. The van der Waals surface area contributed by atoms with E-state index in [4.69, 9.17) is 17.6 Å². The fraction of sp³-hybridized carbons (Fsp3) is 0.0714. The molecule has 0 amide bonds. The number of terminal acetylenes is 2. The first-order chi connectivity index (χ1) is 7.71. The molecule has 16 heavy (non-hydrogen) atoms. The molecule has 0 aliphatic carbocycles. The van der Waals surface area contributed by atoms with Crippen molar-refractivity contribution in [3.05, 3.63) is 42.0 Å². The maximum absolute atomic E-state index is 11.5. The monoisotopic (exact) mass is 210 g/mol. The summed E-state index contributed by atoms with van der Waals surface area (Å²) in [6, 6.07) is 6.77. The second kappa shape index (κ2) is 5.44. The van der Waals surface area contributed by atoms with Crippen LogP contribution < -0.4 is 0 Å². The maximum atomic E-state index is 11.5. The van der Waals surface area contributed by atoms with Crippen LogP contribution in [0, 0.1) is 24.7 Å². The van der Waals surface area contributed by atoms with Gasteiger partial charge in [-0.25, -0.2) is 4.79 Å². The van der Waals surface area contributed by atoms with Crippen molar-refractivity contribution in [2.45, 2.75) is 6.10 Å². The molecule has 2 heteroatoms. The van der Waals surface area contributed by atoms with Crippen LogP contribution in [-0.4, -0.2) is 12.1 Å². The molecule has 78 valence electrons. The normalized spacial score (nSPS) is 8.94. The molecule has 0 atom stereocenters. The number of esters is 1. The molecule has 0 bridgehead atoms. The van der Waals surface area contributed by atoms with Crippen molar-refractivity contribution < 1.29 is 9.53 Å². The van der Waals surface area contributed by atoms with Crippen molar-refractivity contribution in [2.24, 2.45) is 0 Å². The molecule has 0 unspecified atom stereocenters. The van der Waals surface area contributed by atoms with E-state index in [1.54, 1.807) is 30.3 Å². The fourth-order valence-corrected chi connectivity index (χ4v) is 1.05. The highest BCUT2D eigenvalue weighted by Crippen LogP contribution is 2.07. The Kier molecular flexibility index (Phi) is 3.95. The highest BCUT2D eigenvalue weighted by atomic mass is 16.5. The average Bonchev–Trinajstić information content (AvgIpc) is 2.35. The first-order valence-corrected chi connectivity index (χ1v) is 4.57. The second-order valence-electron chi connectivity index (χ2n) is 2.94. The van der Waals surface area contributed by atoms with Crippen LogP contribution in [0.4, 0.5) is 0 Å². The fourth-order valence-electron chi connectivity index (χ4n) is 1.05. The lowest BCUT2D eigenvalue weighted by molar-refractivity contribution is 0.0486. The summed E-state index contributed by atoms with van der Waals surface area (Å²) in [5.41, 5.74) is 1.32. The smallest absolute Gasteiger partial charge is 0.340 e. The van der Waals surface area contributed by atoms with Crippen LogP contribution in [0.5, 0.6) is 0 Å². The van der Waals surface area contributed by atoms with Crippen LogP contribution >= 0.6 is 0 Å². The zero-order valence-corrected chi connectivity index (χ0v) is 8.64. The van der Waals surface area contributed by atoms with Crippen molar-refractivity contribution in [3.63, 3.8) is 0 Å². The van der Waals surface area contributed by atoms with Crippen LogP contribution in [0.1, 0.15) is 15.9 Å². The van der Waals surface area contributed by atoms with E-state index in [-0.39, 0.29) is 0 Å². The van der Waals surface area contributed by atoms with E-state index in [0.717, 1.165) is 5.56 Å². The Labute approximate surface area is 94.9 Å². The molecule has 1 aromatic carbocycles. The molecule has 1 aromatic rings. The van der Waals surface area contributed by atoms with E-state index >= 15 is 0 Å². The maximum Gasteiger partial charge on any atom is 0.340 e. The average molecular weight is 210 g/mol. The minimum atomic E-state index is -0.924. The van der Waals surface area contributed by atoms with Crippen LogP contribution in [0.25, 0.3) is 6.08 Å². The quantitative estimate of drug-likeness (QED) is 0.564. The number of ether oxygens (including phenoxy) is 1. The lowest BCUT2D eigenvalue weighted by Crippen LogP contribution is -2.14. The molecule has 0 spiro atoms. The molecule has 0 heterocycles. The van der Waals surface area contributed by atoms with Crippen molar-refractivity contribution >= 4 is 12.0 Å². The minimum absolute atomic E-state index is 0.404. The molecule has 0 N–H and O–H groups in total. The third-order valence-corrected chi connectivity index (χ3v) is 1.91. The Morgan fingerprint density at radius 3 is 2.31 bits per heavy atom. The summed E-state index contributed by atoms with van der Waals surface area (Å²) in [4.78, 5) is 11.5. The van der Waals surface area contributed by atoms with Gasteiger partial charge in [-0.3, -0.25) is 0 Å². The summed E-state index contributed by atoms with van der Waals surface area (Å²) in [7, 11) is 0. The lowest BCUT2D eigenvalue weighted by atomic mass is 10.1. The van der Waals surface area contributed by atoms with Gasteiger partial charge in [0.05, 0.1) is 5.56 Å². The number of hydrogen-bond donors (Lipinski definition) is 0. The molecule has 0 aromatic heterocycles. The third kappa shape index (κ3) is 2.77. The van der Waals surface area contributed by atoms with Crippen molar-refractivity contribution in [3.8, 4) is 24.7 Å². The first kappa shape index (κ1) is 11.6. The largest absolute Gasteiger partial charge is 0.433 e. The Morgan fingerprint density at radius 2 is 1.88 bits per heavy atom. The summed E-state index contributed by atoms with van der Waals surface area (Å²) in [5, 5.41) is 0. The second-order valence-corrected chi connectivity index (χ2v) is 2.94. The van der Waals surface area contributed by atoms with E-state index in [2.05, 4.69) is 18.4 Å². The van der Waals surface area contributed by atoms with E-state index < -0.39 is 12.1 Å². The van der Waals surface area contributed by atoms with Gasteiger partial charge in [-0.1, -0.05) is 24.8 Å². The summed E-state index contributed by atoms with van der Waals surface area (Å²) >= 11 is 0. The Bertz CT molecular complexity index is 455. The predicted octanol–water partition coefficient (Wildman–Crippen LogP) is 2.12. The summed E-state index contributed by atoms with van der Waals surface area (Å²) in [6.07, 6.45) is 10.9. The van der Waals surface area contributed by atoms with Gasteiger partial charge in [0.15, 0.2) is 0 Å². The van der Waals surface area contributed by atoms with Gasteiger partial charge in [0, 0.05) is 0 Å². The summed E-state index contributed by atoms with van der Waals surface area (Å²) in [6.45, 7) is 3.61. The molecular formula is C14H10O2.